The van der Waals surface area contributed by atoms with E-state index in [4.69, 9.17) is 19.9 Å². The van der Waals surface area contributed by atoms with Gasteiger partial charge in [-0.15, -0.1) is 6.58 Å². The van der Waals surface area contributed by atoms with Crippen molar-refractivity contribution in [1.29, 1.82) is 0 Å². The topological polar surface area (TPSA) is 138 Å². The van der Waals surface area contributed by atoms with Gasteiger partial charge in [0.05, 0.1) is 23.5 Å². The van der Waals surface area contributed by atoms with Crippen molar-refractivity contribution in [2.24, 2.45) is 5.92 Å². The number of aliphatic carboxylic acids is 2. The van der Waals surface area contributed by atoms with Gasteiger partial charge < -0.3 is 20.3 Å². The summed E-state index contributed by atoms with van der Waals surface area (Å²) in [5.74, 6) is -2.08. The Morgan fingerprint density at radius 3 is 2.46 bits per heavy atom. The smallest absolute Gasteiger partial charge is 0.411 e. The summed E-state index contributed by atoms with van der Waals surface area (Å²) >= 11 is 0. The van der Waals surface area contributed by atoms with E-state index in [0.29, 0.717) is 18.2 Å². The quantitative estimate of drug-likeness (QED) is 0.170. The van der Waals surface area contributed by atoms with Crippen molar-refractivity contribution in [1.82, 2.24) is 4.98 Å². The van der Waals surface area contributed by atoms with Crippen LogP contribution in [0.5, 0.6) is 0 Å². The molecule has 0 spiro atoms. The summed E-state index contributed by atoms with van der Waals surface area (Å²) < 4.78 is 5.19. The zero-order valence-corrected chi connectivity index (χ0v) is 19.9. The lowest BCUT2D eigenvalue weighted by molar-refractivity contribution is -0.147. The van der Waals surface area contributed by atoms with Crippen molar-refractivity contribution < 1.29 is 29.3 Å². The van der Waals surface area contributed by atoms with Gasteiger partial charge in [0.1, 0.15) is 6.42 Å². The number of para-hydroxylation sites is 1. The second-order valence-electron chi connectivity index (χ2n) is 8.17. The third-order valence-corrected chi connectivity index (χ3v) is 4.70. The molecule has 1 aromatic carbocycles. The maximum absolute atomic E-state index is 12.0. The van der Waals surface area contributed by atoms with Gasteiger partial charge >= 0.3 is 18.0 Å². The lowest BCUT2D eigenvalue weighted by Crippen LogP contribution is -2.14. The van der Waals surface area contributed by atoms with E-state index in [1.54, 1.807) is 0 Å². The van der Waals surface area contributed by atoms with Crippen LogP contribution >= 0.6 is 0 Å². The fraction of sp³-hybridized carbons (Fsp3) is 0.308. The Kier molecular flexibility index (Phi) is 10.5. The molecule has 1 heterocycles. The Balaban J connectivity index is 0.000000540. The highest BCUT2D eigenvalue weighted by atomic mass is 16.5. The number of nitrogens with one attached hydrogen (secondary N) is 2. The number of hydrogen-bond acceptors (Lipinski definition) is 6. The molecule has 3 rings (SSSR count). The molecule has 1 aliphatic carbocycles. The maximum atomic E-state index is 12.0. The molecule has 1 aromatic rings. The largest absolute Gasteiger partial charge is 0.481 e. The number of benzene rings is 1. The number of anilines is 2. The lowest BCUT2D eigenvalue weighted by Gasteiger charge is -2.09. The molecular weight excluding hydrogens is 450 g/mol. The van der Waals surface area contributed by atoms with Crippen molar-refractivity contribution in [2.75, 3.05) is 23.8 Å². The highest BCUT2D eigenvalue weighted by Crippen LogP contribution is 2.35. The van der Waals surface area contributed by atoms with Gasteiger partial charge in [-0.25, -0.2) is 9.78 Å². The van der Waals surface area contributed by atoms with Crippen LogP contribution in [0.25, 0.3) is 22.2 Å². The summed E-state index contributed by atoms with van der Waals surface area (Å²) in [5, 5.41) is 22.8. The van der Waals surface area contributed by atoms with E-state index in [1.807, 2.05) is 36.4 Å². The Morgan fingerprint density at radius 2 is 1.83 bits per heavy atom. The number of carboxylic acid groups (broad SMARTS) is 2. The average Bonchev–Trinajstić information content (AvgIpc) is 3.00. The first-order chi connectivity index (χ1) is 16.7. The van der Waals surface area contributed by atoms with E-state index in [2.05, 4.69) is 43.2 Å². The number of rotatable bonds is 10. The standard InChI is InChI=1S/C23H27N3O2.C3H4O4/c1-4-5-6-13-28-23(27)25-17-9-7-10-18-19-11-8-12-20(24-15-16(2)3)22(19)26-21(18)14-17;4-2(5)1-3(6)7/h4,7-12,14,16,24H,1,5-6,13,15H2,2-3H3,(H,25,27);1H2,(H,4,5)(H,6,7). The van der Waals surface area contributed by atoms with E-state index < -0.39 is 24.5 Å². The fourth-order valence-electron chi connectivity index (χ4n) is 3.14. The molecule has 0 bridgehead atoms. The number of nitrogens with zero attached hydrogens (tertiary/aromatic N) is 1. The molecule has 0 unspecified atom stereocenters. The first kappa shape index (κ1) is 27.1. The highest BCUT2D eigenvalue weighted by Gasteiger charge is 2.14. The Morgan fingerprint density at radius 1 is 1.11 bits per heavy atom. The molecule has 9 heteroatoms. The summed E-state index contributed by atoms with van der Waals surface area (Å²) in [6.45, 7) is 9.27. The maximum Gasteiger partial charge on any atom is 0.411 e. The molecule has 9 nitrogen and oxygen atoms in total. The van der Waals surface area contributed by atoms with Crippen LogP contribution in [-0.4, -0.2) is 46.4 Å². The van der Waals surface area contributed by atoms with E-state index in [1.165, 1.54) is 0 Å². The monoisotopic (exact) mass is 481 g/mol. The van der Waals surface area contributed by atoms with E-state index >= 15 is 0 Å². The van der Waals surface area contributed by atoms with Crippen LogP contribution in [0.1, 0.15) is 33.1 Å². The average molecular weight is 482 g/mol. The second-order valence-corrected chi connectivity index (χ2v) is 8.17. The number of ether oxygens (including phenoxy) is 1. The molecule has 186 valence electrons. The number of aromatic nitrogens is 1. The van der Waals surface area contributed by atoms with Crippen molar-refractivity contribution in [3.63, 3.8) is 0 Å². The predicted molar refractivity (Wildman–Crippen MR) is 136 cm³/mol. The predicted octanol–water partition coefficient (Wildman–Crippen LogP) is 5.47. The molecule has 0 atom stereocenters. The minimum Gasteiger partial charge on any atom is -0.481 e. The fourth-order valence-corrected chi connectivity index (χ4v) is 3.14. The molecule has 4 N–H and O–H groups in total. The SMILES string of the molecule is C=CCCCOC(=O)Nc1cccc2c3cccc(NCC(C)C)c3nc-2c1.O=C(O)CC(=O)O. The Labute approximate surface area is 204 Å². The van der Waals surface area contributed by atoms with Crippen LogP contribution in [0.3, 0.4) is 0 Å². The Bertz CT molecular complexity index is 1130. The molecule has 0 fully saturated rings. The van der Waals surface area contributed by atoms with Crippen LogP contribution in [0.4, 0.5) is 16.2 Å². The zero-order valence-electron chi connectivity index (χ0n) is 19.9. The van der Waals surface area contributed by atoms with Crippen LogP contribution in [0.2, 0.25) is 0 Å². The number of carbonyl (C=O) groups is 3. The first-order valence-electron chi connectivity index (χ1n) is 11.3. The minimum atomic E-state index is -1.31. The van der Waals surface area contributed by atoms with Gasteiger partial charge in [-0.1, -0.05) is 44.2 Å². The molecule has 0 saturated carbocycles. The van der Waals surface area contributed by atoms with Gasteiger partial charge in [-0.3, -0.25) is 14.9 Å². The van der Waals surface area contributed by atoms with Gasteiger partial charge in [0.15, 0.2) is 0 Å². The third-order valence-electron chi connectivity index (χ3n) is 4.70. The van der Waals surface area contributed by atoms with Crippen LogP contribution in [0.15, 0.2) is 55.1 Å². The summed E-state index contributed by atoms with van der Waals surface area (Å²) in [6.07, 6.45) is 2.14. The Hall–Kier alpha value is -4.14. The van der Waals surface area contributed by atoms with Gasteiger partial charge in [-0.05, 0) is 37.0 Å². The summed E-state index contributed by atoms with van der Waals surface area (Å²) in [6, 6.07) is 13.8. The number of carbonyl (C=O) groups excluding carboxylic acids is 1. The van der Waals surface area contributed by atoms with Crippen molar-refractivity contribution in [3.05, 3.63) is 55.1 Å². The highest BCUT2D eigenvalue weighted by molar-refractivity contribution is 6.03. The van der Waals surface area contributed by atoms with Crippen LogP contribution < -0.4 is 10.6 Å². The summed E-state index contributed by atoms with van der Waals surface area (Å²) in [5.41, 5.74) is 4.52. The number of amides is 1. The molecule has 1 amide bonds. The molecule has 1 aliphatic heterocycles. The van der Waals surface area contributed by atoms with Crippen LogP contribution in [0, 0.1) is 5.92 Å². The van der Waals surface area contributed by atoms with E-state index in [-0.39, 0.29) is 0 Å². The van der Waals surface area contributed by atoms with Crippen molar-refractivity contribution in [3.8, 4) is 11.3 Å². The normalized spacial score (nSPS) is 10.4. The van der Waals surface area contributed by atoms with Crippen molar-refractivity contribution >= 4 is 40.3 Å². The van der Waals surface area contributed by atoms with Crippen LogP contribution in [-0.2, 0) is 14.3 Å². The van der Waals surface area contributed by atoms with Gasteiger partial charge in [0, 0.05) is 23.2 Å². The molecular formula is C26H31N3O6. The number of carboxylic acids is 2. The first-order valence-corrected chi connectivity index (χ1v) is 11.3. The van der Waals surface area contributed by atoms with Gasteiger partial charge in [-0.2, -0.15) is 0 Å². The lowest BCUT2D eigenvalue weighted by atomic mass is 10.1. The summed E-state index contributed by atoms with van der Waals surface area (Å²) in [4.78, 5) is 35.7. The third kappa shape index (κ3) is 8.96. The van der Waals surface area contributed by atoms with Crippen molar-refractivity contribution in [2.45, 2.75) is 33.1 Å². The number of fused-ring (bicyclic) bond motifs is 3. The molecule has 0 aromatic heterocycles. The van der Waals surface area contributed by atoms with E-state index in [0.717, 1.165) is 47.2 Å². The number of unbranched alkanes of at least 4 members (excludes halogenated alkanes) is 1. The van der Waals surface area contributed by atoms with Gasteiger partial charge in [0.25, 0.3) is 0 Å². The minimum absolute atomic E-state index is 0.371. The van der Waals surface area contributed by atoms with E-state index in [9.17, 15) is 14.4 Å². The molecule has 0 radical (unpaired) electrons. The number of allylic oxidation sites excluding steroid dienone is 1. The molecule has 35 heavy (non-hydrogen) atoms. The zero-order chi connectivity index (χ0) is 25.8. The molecule has 0 saturated heterocycles. The molecule has 2 aliphatic rings. The number of hydrogen-bond donors (Lipinski definition) is 4. The summed E-state index contributed by atoms with van der Waals surface area (Å²) in [7, 11) is 0. The second kappa shape index (κ2) is 13.5. The van der Waals surface area contributed by atoms with Gasteiger partial charge in [0.2, 0.25) is 0 Å².